The number of rotatable bonds is 1. The molecule has 0 aromatic heterocycles. The van der Waals surface area contributed by atoms with E-state index in [0.29, 0.717) is 0 Å². The molecule has 1 aliphatic carbocycles. The van der Waals surface area contributed by atoms with Crippen LogP contribution in [0.3, 0.4) is 0 Å². The second-order valence-corrected chi connectivity index (χ2v) is 5.28. The first kappa shape index (κ1) is 12.8. The number of amides is 1. The van der Waals surface area contributed by atoms with Crippen molar-refractivity contribution in [2.24, 2.45) is 0 Å². The average molecular weight is 224 g/mol. The highest BCUT2D eigenvalue weighted by Crippen LogP contribution is 2.21. The van der Waals surface area contributed by atoms with Crippen molar-refractivity contribution in [1.29, 1.82) is 0 Å². The predicted molar refractivity (Wildman–Crippen MR) is 62.0 cm³/mol. The number of alkyl carbamates (subject to hydrolysis) is 1. The van der Waals surface area contributed by atoms with Crippen molar-refractivity contribution in [3.05, 3.63) is 11.4 Å². The van der Waals surface area contributed by atoms with Crippen molar-refractivity contribution < 1.29 is 9.53 Å². The molecule has 1 fully saturated rings. The van der Waals surface area contributed by atoms with Crippen molar-refractivity contribution in [3.63, 3.8) is 0 Å². The van der Waals surface area contributed by atoms with Crippen LogP contribution in [0, 0.1) is 6.57 Å². The fraction of sp³-hybridized carbons (Fsp3) is 0.833. The molecule has 1 saturated carbocycles. The second kappa shape index (κ2) is 5.20. The number of hydrogen-bond donors (Lipinski definition) is 1. The third-order valence-electron chi connectivity index (χ3n) is 2.60. The van der Waals surface area contributed by atoms with Gasteiger partial charge in [-0.2, -0.15) is 0 Å². The Morgan fingerprint density at radius 2 is 1.88 bits per heavy atom. The van der Waals surface area contributed by atoms with E-state index in [4.69, 9.17) is 11.3 Å². The van der Waals surface area contributed by atoms with Crippen molar-refractivity contribution in [2.45, 2.75) is 64.1 Å². The second-order valence-electron chi connectivity index (χ2n) is 5.28. The monoisotopic (exact) mass is 224 g/mol. The summed E-state index contributed by atoms with van der Waals surface area (Å²) in [4.78, 5) is 15.0. The van der Waals surface area contributed by atoms with Crippen LogP contribution in [0.5, 0.6) is 0 Å². The minimum Gasteiger partial charge on any atom is -0.444 e. The SMILES string of the molecule is [C-]#[N+]C1CCC(NC(=O)OC(C)(C)C)CC1. The summed E-state index contributed by atoms with van der Waals surface area (Å²) in [6, 6.07) is 0.324. The molecule has 0 bridgehead atoms. The van der Waals surface area contributed by atoms with E-state index >= 15 is 0 Å². The lowest BCUT2D eigenvalue weighted by Crippen LogP contribution is -2.41. The third-order valence-corrected chi connectivity index (χ3v) is 2.60. The molecule has 0 radical (unpaired) electrons. The van der Waals surface area contributed by atoms with E-state index in [0.717, 1.165) is 25.7 Å². The van der Waals surface area contributed by atoms with Gasteiger partial charge < -0.3 is 14.9 Å². The lowest BCUT2D eigenvalue weighted by atomic mass is 9.92. The number of carbonyl (C=O) groups excluding carboxylic acids is 1. The summed E-state index contributed by atoms with van der Waals surface area (Å²) in [5.41, 5.74) is -0.447. The zero-order valence-electron chi connectivity index (χ0n) is 10.2. The van der Waals surface area contributed by atoms with E-state index in [1.165, 1.54) is 0 Å². The molecule has 0 unspecified atom stereocenters. The Bertz CT molecular complexity index is 280. The van der Waals surface area contributed by atoms with Crippen LogP contribution in [-0.4, -0.2) is 23.8 Å². The van der Waals surface area contributed by atoms with Gasteiger partial charge in [0.1, 0.15) is 5.60 Å². The normalized spacial score (nSPS) is 25.6. The average Bonchev–Trinajstić information content (AvgIpc) is 2.16. The Balaban J connectivity index is 2.29. The van der Waals surface area contributed by atoms with Gasteiger partial charge in [0.25, 0.3) is 0 Å². The van der Waals surface area contributed by atoms with E-state index in [-0.39, 0.29) is 18.2 Å². The number of nitrogens with zero attached hydrogens (tertiary/aromatic N) is 1. The summed E-state index contributed by atoms with van der Waals surface area (Å²) in [7, 11) is 0. The number of nitrogens with one attached hydrogen (secondary N) is 1. The van der Waals surface area contributed by atoms with Crippen LogP contribution >= 0.6 is 0 Å². The topological polar surface area (TPSA) is 42.7 Å². The largest absolute Gasteiger partial charge is 0.444 e. The van der Waals surface area contributed by atoms with Crippen LogP contribution in [0.2, 0.25) is 0 Å². The molecule has 1 amide bonds. The minimum atomic E-state index is -0.447. The molecular formula is C12H20N2O2. The first-order chi connectivity index (χ1) is 7.40. The molecule has 1 aliphatic rings. The molecule has 0 saturated heterocycles. The summed E-state index contributed by atoms with van der Waals surface area (Å²) in [5.74, 6) is 0. The molecule has 4 nitrogen and oxygen atoms in total. The maximum absolute atomic E-state index is 11.5. The minimum absolute atomic E-state index is 0.150. The smallest absolute Gasteiger partial charge is 0.407 e. The molecule has 0 spiro atoms. The molecule has 90 valence electrons. The van der Waals surface area contributed by atoms with Gasteiger partial charge in [0, 0.05) is 18.9 Å². The zero-order valence-corrected chi connectivity index (χ0v) is 10.2. The molecule has 1 rings (SSSR count). The Kier molecular flexibility index (Phi) is 4.17. The molecule has 0 aromatic rings. The van der Waals surface area contributed by atoms with Crippen LogP contribution in [0.15, 0.2) is 0 Å². The highest BCUT2D eigenvalue weighted by Gasteiger charge is 2.26. The van der Waals surface area contributed by atoms with Crippen molar-refractivity contribution in [2.75, 3.05) is 0 Å². The van der Waals surface area contributed by atoms with Gasteiger partial charge in [0.05, 0.1) is 0 Å². The van der Waals surface area contributed by atoms with E-state index < -0.39 is 5.60 Å². The summed E-state index contributed by atoms with van der Waals surface area (Å²) in [6.45, 7) is 12.5. The Hall–Kier alpha value is -1.24. The van der Waals surface area contributed by atoms with Crippen LogP contribution in [0.25, 0.3) is 4.85 Å². The Morgan fingerprint density at radius 3 is 2.31 bits per heavy atom. The van der Waals surface area contributed by atoms with E-state index in [1.54, 1.807) is 0 Å². The van der Waals surface area contributed by atoms with E-state index in [1.807, 2.05) is 20.8 Å². The van der Waals surface area contributed by atoms with Gasteiger partial charge in [-0.25, -0.2) is 11.4 Å². The van der Waals surface area contributed by atoms with Crippen molar-refractivity contribution >= 4 is 6.09 Å². The molecule has 1 N–H and O–H groups in total. The number of carbonyl (C=O) groups is 1. The van der Waals surface area contributed by atoms with Crippen molar-refractivity contribution in [1.82, 2.24) is 5.32 Å². The van der Waals surface area contributed by atoms with Gasteiger partial charge >= 0.3 is 6.09 Å². The molecular weight excluding hydrogens is 204 g/mol. The van der Waals surface area contributed by atoms with Crippen LogP contribution < -0.4 is 5.32 Å². The maximum atomic E-state index is 11.5. The van der Waals surface area contributed by atoms with Gasteiger partial charge in [-0.05, 0) is 33.6 Å². The fourth-order valence-electron chi connectivity index (χ4n) is 1.82. The van der Waals surface area contributed by atoms with E-state index in [2.05, 4.69) is 10.2 Å². The van der Waals surface area contributed by atoms with Gasteiger partial charge in [0.15, 0.2) is 0 Å². The molecule has 0 heterocycles. The van der Waals surface area contributed by atoms with Crippen LogP contribution in [0.4, 0.5) is 4.79 Å². The van der Waals surface area contributed by atoms with Gasteiger partial charge in [-0.1, -0.05) is 0 Å². The third kappa shape index (κ3) is 4.52. The predicted octanol–water partition coefficient (Wildman–Crippen LogP) is 2.74. The zero-order chi connectivity index (χ0) is 12.2. The molecule has 0 atom stereocenters. The van der Waals surface area contributed by atoms with Gasteiger partial charge in [0.2, 0.25) is 6.04 Å². The quantitative estimate of drug-likeness (QED) is 0.696. The fourth-order valence-corrected chi connectivity index (χ4v) is 1.82. The molecule has 4 heteroatoms. The van der Waals surface area contributed by atoms with E-state index in [9.17, 15) is 4.79 Å². The number of ether oxygens (including phenoxy) is 1. The first-order valence-electron chi connectivity index (χ1n) is 5.77. The van der Waals surface area contributed by atoms with Crippen LogP contribution in [-0.2, 0) is 4.74 Å². The Morgan fingerprint density at radius 1 is 1.31 bits per heavy atom. The van der Waals surface area contributed by atoms with Crippen molar-refractivity contribution in [3.8, 4) is 0 Å². The highest BCUT2D eigenvalue weighted by atomic mass is 16.6. The lowest BCUT2D eigenvalue weighted by molar-refractivity contribution is 0.0492. The lowest BCUT2D eigenvalue weighted by Gasteiger charge is -2.26. The van der Waals surface area contributed by atoms with Crippen LogP contribution in [0.1, 0.15) is 46.5 Å². The summed E-state index contributed by atoms with van der Waals surface area (Å²) in [5, 5.41) is 2.86. The maximum Gasteiger partial charge on any atom is 0.407 e. The first-order valence-corrected chi connectivity index (χ1v) is 5.77. The molecule has 16 heavy (non-hydrogen) atoms. The summed E-state index contributed by atoms with van der Waals surface area (Å²) in [6.07, 6.45) is 3.17. The number of hydrogen-bond acceptors (Lipinski definition) is 2. The summed E-state index contributed by atoms with van der Waals surface area (Å²) >= 11 is 0. The molecule has 0 aliphatic heterocycles. The van der Waals surface area contributed by atoms with Gasteiger partial charge in [-0.15, -0.1) is 0 Å². The Labute approximate surface area is 97.2 Å². The highest BCUT2D eigenvalue weighted by molar-refractivity contribution is 5.68. The van der Waals surface area contributed by atoms with Gasteiger partial charge in [-0.3, -0.25) is 0 Å². The summed E-state index contributed by atoms with van der Waals surface area (Å²) < 4.78 is 5.18. The standard InChI is InChI=1S/C12H20N2O2/c1-12(2,3)16-11(15)14-10-7-5-9(13-4)6-8-10/h9-10H,5-8H2,1-3H3,(H,14,15). The molecule has 0 aromatic carbocycles.